The Balaban J connectivity index is 1.49. The molecular formula is C25H17N3O9. The zero-order valence-corrected chi connectivity index (χ0v) is 19.2. The number of esters is 1. The van der Waals surface area contributed by atoms with E-state index in [0.717, 1.165) is 17.0 Å². The number of ether oxygens (including phenoxy) is 2. The number of imide groups is 1. The van der Waals surface area contributed by atoms with Crippen LogP contribution in [0.4, 0.5) is 11.4 Å². The van der Waals surface area contributed by atoms with Crippen LogP contribution in [0.25, 0.3) is 12.2 Å². The molecule has 3 aromatic rings. The number of nitro benzene ring substituents is 2. The molecule has 12 nitrogen and oxygen atoms in total. The first-order valence-corrected chi connectivity index (χ1v) is 10.6. The fraction of sp³-hybridized carbons (Fsp3) is 0.0800. The average Bonchev–Trinajstić information content (AvgIpc) is 3.12. The van der Waals surface area contributed by atoms with Gasteiger partial charge < -0.3 is 9.47 Å². The van der Waals surface area contributed by atoms with Gasteiger partial charge in [0.05, 0.1) is 39.7 Å². The van der Waals surface area contributed by atoms with Crippen LogP contribution < -0.4 is 9.47 Å². The summed E-state index contributed by atoms with van der Waals surface area (Å²) >= 11 is 0. The summed E-state index contributed by atoms with van der Waals surface area (Å²) in [5, 5.41) is 22.2. The van der Waals surface area contributed by atoms with Gasteiger partial charge in [-0.2, -0.15) is 0 Å². The molecule has 0 spiro atoms. The summed E-state index contributed by atoms with van der Waals surface area (Å²) in [6, 6.07) is 14.0. The Morgan fingerprint density at radius 2 is 1.57 bits per heavy atom. The Morgan fingerprint density at radius 3 is 2.16 bits per heavy atom. The number of hydrogen-bond donors (Lipinski definition) is 0. The minimum absolute atomic E-state index is 0.0302. The second kappa shape index (κ2) is 10.1. The summed E-state index contributed by atoms with van der Waals surface area (Å²) in [4.78, 5) is 59.0. The summed E-state index contributed by atoms with van der Waals surface area (Å²) in [5.41, 5.74) is 0.245. The van der Waals surface area contributed by atoms with Gasteiger partial charge in [-0.05, 0) is 42.0 Å². The molecule has 0 atom stereocenters. The monoisotopic (exact) mass is 503 g/mol. The van der Waals surface area contributed by atoms with Crippen molar-refractivity contribution in [3.8, 4) is 11.5 Å². The number of carbonyl (C=O) groups excluding carboxylic acids is 3. The minimum atomic E-state index is -0.863. The van der Waals surface area contributed by atoms with E-state index in [0.29, 0.717) is 5.56 Å². The molecule has 3 aromatic carbocycles. The van der Waals surface area contributed by atoms with E-state index >= 15 is 0 Å². The Kier molecular flexibility index (Phi) is 6.73. The molecule has 0 saturated heterocycles. The molecule has 2 amide bonds. The van der Waals surface area contributed by atoms with Gasteiger partial charge in [0, 0.05) is 6.07 Å². The Bertz CT molecular complexity index is 1460. The van der Waals surface area contributed by atoms with Crippen LogP contribution in [-0.4, -0.2) is 46.2 Å². The third kappa shape index (κ3) is 5.03. The standard InChI is InChI=1S/C25H17N3O9/c1-36-22-12-15(6-8-16-9-10-17(27(32)33)13-20(16)28(34)35)7-11-21(22)37-23(29)14-26-24(30)18-4-2-3-5-19(18)25(26)31/h2-13H,14H2,1H3/b8-6+. The Hall–Kier alpha value is -5.39. The van der Waals surface area contributed by atoms with Gasteiger partial charge in [0.1, 0.15) is 6.54 Å². The quantitative estimate of drug-likeness (QED) is 0.111. The van der Waals surface area contributed by atoms with Crippen molar-refractivity contribution in [2.24, 2.45) is 0 Å². The number of fused-ring (bicyclic) bond motifs is 1. The fourth-order valence-electron chi connectivity index (χ4n) is 3.67. The van der Waals surface area contributed by atoms with E-state index in [1.165, 1.54) is 49.6 Å². The van der Waals surface area contributed by atoms with E-state index in [2.05, 4.69) is 0 Å². The van der Waals surface area contributed by atoms with Gasteiger partial charge in [0.2, 0.25) is 0 Å². The fourth-order valence-corrected chi connectivity index (χ4v) is 3.67. The summed E-state index contributed by atoms with van der Waals surface area (Å²) in [6.45, 7) is -0.596. The summed E-state index contributed by atoms with van der Waals surface area (Å²) in [7, 11) is 1.34. The molecule has 186 valence electrons. The van der Waals surface area contributed by atoms with Gasteiger partial charge in [0.25, 0.3) is 23.2 Å². The topological polar surface area (TPSA) is 159 Å². The molecule has 1 aliphatic heterocycles. The highest BCUT2D eigenvalue weighted by Crippen LogP contribution is 2.31. The van der Waals surface area contributed by atoms with Crippen LogP contribution >= 0.6 is 0 Å². The van der Waals surface area contributed by atoms with E-state index in [1.807, 2.05) is 0 Å². The lowest BCUT2D eigenvalue weighted by atomic mass is 10.1. The van der Waals surface area contributed by atoms with Gasteiger partial charge in [0.15, 0.2) is 11.5 Å². The van der Waals surface area contributed by atoms with Crippen LogP contribution in [0.3, 0.4) is 0 Å². The molecule has 1 aliphatic rings. The van der Waals surface area contributed by atoms with Gasteiger partial charge >= 0.3 is 5.97 Å². The largest absolute Gasteiger partial charge is 0.493 e. The number of rotatable bonds is 8. The summed E-state index contributed by atoms with van der Waals surface area (Å²) in [5.74, 6) is -1.87. The molecule has 37 heavy (non-hydrogen) atoms. The molecule has 0 N–H and O–H groups in total. The first kappa shape index (κ1) is 24.7. The first-order chi connectivity index (χ1) is 17.7. The molecule has 1 heterocycles. The maximum atomic E-state index is 12.5. The van der Waals surface area contributed by atoms with Gasteiger partial charge in [-0.15, -0.1) is 0 Å². The highest BCUT2D eigenvalue weighted by atomic mass is 16.6. The van der Waals surface area contributed by atoms with Crippen molar-refractivity contribution in [3.05, 3.63) is 103 Å². The van der Waals surface area contributed by atoms with Gasteiger partial charge in [-0.1, -0.05) is 24.3 Å². The third-order valence-corrected chi connectivity index (χ3v) is 5.45. The molecule has 0 fully saturated rings. The maximum Gasteiger partial charge on any atom is 0.331 e. The van der Waals surface area contributed by atoms with Crippen LogP contribution in [0.15, 0.2) is 60.7 Å². The van der Waals surface area contributed by atoms with Crippen molar-refractivity contribution < 1.29 is 33.7 Å². The second-order valence-corrected chi connectivity index (χ2v) is 7.72. The number of hydrogen-bond acceptors (Lipinski definition) is 9. The van der Waals surface area contributed by atoms with E-state index in [-0.39, 0.29) is 28.2 Å². The second-order valence-electron chi connectivity index (χ2n) is 7.72. The highest BCUT2D eigenvalue weighted by Gasteiger charge is 2.36. The number of carbonyl (C=O) groups is 3. The molecular weight excluding hydrogens is 486 g/mol. The van der Waals surface area contributed by atoms with Crippen molar-refractivity contribution in [2.45, 2.75) is 0 Å². The van der Waals surface area contributed by atoms with E-state index in [4.69, 9.17) is 9.47 Å². The summed E-state index contributed by atoms with van der Waals surface area (Å²) < 4.78 is 10.6. The Labute approximate surface area is 208 Å². The number of methoxy groups -OCH3 is 1. The molecule has 0 aliphatic carbocycles. The van der Waals surface area contributed by atoms with Crippen LogP contribution in [0.5, 0.6) is 11.5 Å². The molecule has 0 saturated carbocycles. The predicted molar refractivity (Wildman–Crippen MR) is 129 cm³/mol. The normalized spacial score (nSPS) is 12.5. The van der Waals surface area contributed by atoms with Crippen LogP contribution in [0.2, 0.25) is 0 Å². The zero-order valence-electron chi connectivity index (χ0n) is 19.2. The third-order valence-electron chi connectivity index (χ3n) is 5.45. The van der Waals surface area contributed by atoms with Gasteiger partial charge in [-0.25, -0.2) is 4.79 Å². The number of nitro groups is 2. The average molecular weight is 503 g/mol. The molecule has 0 radical (unpaired) electrons. The number of benzene rings is 3. The maximum absolute atomic E-state index is 12.5. The SMILES string of the molecule is COc1cc(/C=C/c2ccc([N+](=O)[O-])cc2[N+](=O)[O-])ccc1OC(=O)CN1C(=O)c2ccccc2C1=O. The molecule has 0 unspecified atom stereocenters. The molecule has 0 aromatic heterocycles. The van der Waals surface area contributed by atoms with Crippen LogP contribution in [0.1, 0.15) is 31.8 Å². The van der Waals surface area contributed by atoms with Crippen molar-refractivity contribution >= 4 is 41.3 Å². The molecule has 4 rings (SSSR count). The number of non-ortho nitro benzene ring substituents is 1. The van der Waals surface area contributed by atoms with Gasteiger partial charge in [-0.3, -0.25) is 34.7 Å². The zero-order chi connectivity index (χ0) is 26.7. The lowest BCUT2D eigenvalue weighted by Gasteiger charge is -2.14. The first-order valence-electron chi connectivity index (χ1n) is 10.6. The highest BCUT2D eigenvalue weighted by molar-refractivity contribution is 6.22. The van der Waals surface area contributed by atoms with Crippen molar-refractivity contribution in [1.29, 1.82) is 0 Å². The lowest BCUT2D eigenvalue weighted by molar-refractivity contribution is -0.394. The van der Waals surface area contributed by atoms with Crippen LogP contribution in [-0.2, 0) is 4.79 Å². The number of amides is 2. The van der Waals surface area contributed by atoms with E-state index in [9.17, 15) is 34.6 Å². The molecule has 0 bridgehead atoms. The lowest BCUT2D eigenvalue weighted by Crippen LogP contribution is -2.36. The predicted octanol–water partition coefficient (Wildman–Crippen LogP) is 3.88. The summed E-state index contributed by atoms with van der Waals surface area (Å²) in [6.07, 6.45) is 2.92. The Morgan fingerprint density at radius 1 is 0.892 bits per heavy atom. The minimum Gasteiger partial charge on any atom is -0.493 e. The van der Waals surface area contributed by atoms with E-state index < -0.39 is 45.5 Å². The number of nitrogens with zero attached hydrogens (tertiary/aromatic N) is 3. The van der Waals surface area contributed by atoms with Crippen molar-refractivity contribution in [1.82, 2.24) is 4.90 Å². The van der Waals surface area contributed by atoms with Crippen LogP contribution in [0, 0.1) is 20.2 Å². The smallest absolute Gasteiger partial charge is 0.331 e. The van der Waals surface area contributed by atoms with Crippen molar-refractivity contribution in [2.75, 3.05) is 13.7 Å². The van der Waals surface area contributed by atoms with E-state index in [1.54, 1.807) is 18.2 Å². The molecule has 12 heteroatoms. The van der Waals surface area contributed by atoms with Crippen molar-refractivity contribution in [3.63, 3.8) is 0 Å².